The maximum Gasteiger partial charge on any atom is 0.418 e. The summed E-state index contributed by atoms with van der Waals surface area (Å²) >= 11 is 0. The lowest BCUT2D eigenvalue weighted by Crippen LogP contribution is -2.32. The smallest absolute Gasteiger partial charge is 0.418 e. The average molecular weight is 610 g/mol. The van der Waals surface area contributed by atoms with Crippen LogP contribution in [0.25, 0.3) is 0 Å². The first kappa shape index (κ1) is 30.5. The molecule has 0 fully saturated rings. The third-order valence-electron chi connectivity index (χ3n) is 6.12. The highest BCUT2D eigenvalue weighted by Crippen LogP contribution is 2.39. The fraction of sp³-hybridized carbons (Fsp3) is 0.185. The molecule has 0 saturated heterocycles. The molecule has 1 aromatic heterocycles. The van der Waals surface area contributed by atoms with Crippen LogP contribution < -0.4 is 24.8 Å². The highest BCUT2D eigenvalue weighted by Gasteiger charge is 2.37. The Kier molecular flexibility index (Phi) is 8.82. The number of alkyl halides is 3. The van der Waals surface area contributed by atoms with E-state index in [2.05, 4.69) is 15.3 Å². The lowest BCUT2D eigenvalue weighted by atomic mass is 10.1. The molecule has 0 saturated carbocycles. The molecular weight excluding hydrogens is 585 g/mol. The van der Waals surface area contributed by atoms with Crippen LogP contribution in [0.2, 0.25) is 0 Å². The van der Waals surface area contributed by atoms with Crippen molar-refractivity contribution in [3.8, 4) is 11.5 Å². The van der Waals surface area contributed by atoms with E-state index >= 15 is 0 Å². The molecule has 0 spiro atoms. The highest BCUT2D eigenvalue weighted by atomic mass is 32.2. The van der Waals surface area contributed by atoms with Crippen LogP contribution in [-0.4, -0.2) is 32.6 Å². The molecule has 1 atom stereocenters. The Balaban J connectivity index is 1.78. The zero-order valence-electron chi connectivity index (χ0n) is 22.1. The molecule has 15 heteroatoms. The van der Waals surface area contributed by atoms with Gasteiger partial charge in [0.25, 0.3) is 10.0 Å². The second-order valence-corrected chi connectivity index (χ2v) is 10.6. The van der Waals surface area contributed by atoms with Gasteiger partial charge in [0.05, 0.1) is 31.2 Å². The molecule has 0 bridgehead atoms. The Hall–Kier alpha value is -4.50. The SMILES string of the molecule is COc1ccc(CN(c2ccncn2)S(=O)(=O)c2ccc(N[C@@H](N)c3cc(F)ccc3F)c(C(F)(F)F)c2)c(OC)c1. The van der Waals surface area contributed by atoms with Gasteiger partial charge >= 0.3 is 6.18 Å². The number of anilines is 2. The standard InChI is InChI=1S/C27H24F5N5O4S/c1-40-18-5-3-16(24(12-18)41-2)14-37(25-9-10-34-15-35-25)42(38,39)19-6-8-23(21(13-19)27(30,31)32)36-26(33)20-11-17(28)4-7-22(20)29/h3-13,15,26,36H,14,33H2,1-2H3/t26-/m1/s1. The van der Waals surface area contributed by atoms with Crippen molar-refractivity contribution in [2.75, 3.05) is 23.8 Å². The minimum absolute atomic E-state index is 0.123. The molecule has 0 aliphatic carbocycles. The molecule has 0 aliphatic heterocycles. The lowest BCUT2D eigenvalue weighted by Gasteiger charge is -2.25. The van der Waals surface area contributed by atoms with Crippen LogP contribution in [0.3, 0.4) is 0 Å². The second-order valence-electron chi connectivity index (χ2n) is 8.75. The molecule has 9 nitrogen and oxygen atoms in total. The van der Waals surface area contributed by atoms with Crippen LogP contribution >= 0.6 is 0 Å². The third-order valence-corrected chi connectivity index (χ3v) is 7.86. The monoisotopic (exact) mass is 609 g/mol. The minimum atomic E-state index is -5.06. The minimum Gasteiger partial charge on any atom is -0.497 e. The summed E-state index contributed by atoms with van der Waals surface area (Å²) in [5.74, 6) is -1.22. The zero-order chi connectivity index (χ0) is 30.7. The number of benzene rings is 3. The normalized spacial score (nSPS) is 12.5. The van der Waals surface area contributed by atoms with E-state index in [-0.39, 0.29) is 18.1 Å². The summed E-state index contributed by atoms with van der Waals surface area (Å²) in [7, 11) is -1.90. The molecular formula is C27H24F5N5O4S. The fourth-order valence-corrected chi connectivity index (χ4v) is 5.45. The molecule has 4 rings (SSSR count). The number of methoxy groups -OCH3 is 2. The van der Waals surface area contributed by atoms with Crippen LogP contribution in [0.1, 0.15) is 22.9 Å². The Morgan fingerprint density at radius 2 is 1.76 bits per heavy atom. The van der Waals surface area contributed by atoms with Crippen molar-refractivity contribution in [1.29, 1.82) is 0 Å². The third kappa shape index (κ3) is 6.52. The number of sulfonamides is 1. The predicted molar refractivity (Wildman–Crippen MR) is 143 cm³/mol. The average Bonchev–Trinajstić information content (AvgIpc) is 2.96. The van der Waals surface area contributed by atoms with Gasteiger partial charge in [-0.3, -0.25) is 0 Å². The lowest BCUT2D eigenvalue weighted by molar-refractivity contribution is -0.137. The summed E-state index contributed by atoms with van der Waals surface area (Å²) in [6, 6.07) is 10.5. The number of hydrogen-bond acceptors (Lipinski definition) is 8. The van der Waals surface area contributed by atoms with Gasteiger partial charge in [0.1, 0.15) is 41.4 Å². The van der Waals surface area contributed by atoms with E-state index < -0.39 is 55.7 Å². The van der Waals surface area contributed by atoms with Gasteiger partial charge in [0.2, 0.25) is 0 Å². The summed E-state index contributed by atoms with van der Waals surface area (Å²) < 4.78 is 109. The molecule has 0 unspecified atom stereocenters. The zero-order valence-corrected chi connectivity index (χ0v) is 22.9. The molecule has 0 aliphatic rings. The molecule has 4 aromatic rings. The Labute approximate surface area is 237 Å². The van der Waals surface area contributed by atoms with Crippen LogP contribution in [0.4, 0.5) is 33.5 Å². The van der Waals surface area contributed by atoms with E-state index in [1.807, 2.05) is 0 Å². The fourth-order valence-electron chi connectivity index (χ4n) is 4.03. The van der Waals surface area contributed by atoms with Crippen molar-refractivity contribution < 1.29 is 39.8 Å². The van der Waals surface area contributed by atoms with E-state index in [1.54, 1.807) is 12.1 Å². The van der Waals surface area contributed by atoms with E-state index in [1.165, 1.54) is 32.5 Å². The van der Waals surface area contributed by atoms with Gasteiger partial charge in [-0.05, 0) is 48.5 Å². The van der Waals surface area contributed by atoms with Gasteiger partial charge in [-0.15, -0.1) is 0 Å². The van der Waals surface area contributed by atoms with E-state index in [4.69, 9.17) is 15.2 Å². The maximum absolute atomic E-state index is 14.2. The largest absolute Gasteiger partial charge is 0.497 e. The summed E-state index contributed by atoms with van der Waals surface area (Å²) in [4.78, 5) is 7.04. The van der Waals surface area contributed by atoms with Crippen LogP contribution in [0.15, 0.2) is 78.1 Å². The first-order valence-corrected chi connectivity index (χ1v) is 13.5. The number of nitrogens with two attached hydrogens (primary N) is 1. The number of nitrogens with zero attached hydrogens (tertiary/aromatic N) is 3. The Morgan fingerprint density at radius 3 is 2.40 bits per heavy atom. The Morgan fingerprint density at radius 1 is 1.00 bits per heavy atom. The van der Waals surface area contributed by atoms with Gasteiger partial charge < -0.3 is 20.5 Å². The molecule has 42 heavy (non-hydrogen) atoms. The van der Waals surface area contributed by atoms with Gasteiger partial charge in [-0.2, -0.15) is 13.2 Å². The molecule has 222 valence electrons. The van der Waals surface area contributed by atoms with Crippen LogP contribution in [0.5, 0.6) is 11.5 Å². The van der Waals surface area contributed by atoms with Crippen molar-refractivity contribution in [1.82, 2.24) is 9.97 Å². The summed E-state index contributed by atoms with van der Waals surface area (Å²) in [5, 5.41) is 2.30. The van der Waals surface area contributed by atoms with E-state index in [0.29, 0.717) is 17.4 Å². The molecule has 3 N–H and O–H groups in total. The summed E-state index contributed by atoms with van der Waals surface area (Å²) in [6.45, 7) is -0.377. The number of aromatic nitrogens is 2. The molecule has 0 amide bonds. The number of nitrogens with one attached hydrogen (secondary N) is 1. The van der Waals surface area contributed by atoms with Gasteiger partial charge in [0, 0.05) is 35.1 Å². The van der Waals surface area contributed by atoms with Crippen molar-refractivity contribution in [2.24, 2.45) is 5.73 Å². The maximum atomic E-state index is 14.2. The number of hydrogen-bond donors (Lipinski definition) is 2. The van der Waals surface area contributed by atoms with Crippen molar-refractivity contribution in [3.05, 3.63) is 102 Å². The molecule has 1 heterocycles. The Bertz CT molecular complexity index is 1670. The van der Waals surface area contributed by atoms with E-state index in [9.17, 15) is 30.4 Å². The molecule has 3 aromatic carbocycles. The quantitative estimate of drug-likeness (QED) is 0.185. The highest BCUT2D eigenvalue weighted by molar-refractivity contribution is 7.92. The second kappa shape index (κ2) is 12.2. The van der Waals surface area contributed by atoms with Gasteiger partial charge in [0.15, 0.2) is 0 Å². The number of rotatable bonds is 10. The first-order chi connectivity index (χ1) is 19.8. The topological polar surface area (TPSA) is 120 Å². The first-order valence-electron chi connectivity index (χ1n) is 12.0. The molecule has 0 radical (unpaired) electrons. The number of ether oxygens (including phenoxy) is 2. The summed E-state index contributed by atoms with van der Waals surface area (Å²) in [6.07, 6.45) is -4.29. The number of halogens is 5. The van der Waals surface area contributed by atoms with Gasteiger partial charge in [-0.25, -0.2) is 31.5 Å². The van der Waals surface area contributed by atoms with Crippen LogP contribution in [-0.2, 0) is 22.7 Å². The van der Waals surface area contributed by atoms with Crippen molar-refractivity contribution in [3.63, 3.8) is 0 Å². The van der Waals surface area contributed by atoms with Crippen LogP contribution in [0, 0.1) is 11.6 Å². The van der Waals surface area contributed by atoms with Gasteiger partial charge in [-0.1, -0.05) is 0 Å². The van der Waals surface area contributed by atoms with Crippen molar-refractivity contribution >= 4 is 21.5 Å². The predicted octanol–water partition coefficient (Wildman–Crippen LogP) is 5.26. The van der Waals surface area contributed by atoms with E-state index in [0.717, 1.165) is 41.0 Å². The summed E-state index contributed by atoms with van der Waals surface area (Å²) in [5.41, 5.74) is 3.72. The van der Waals surface area contributed by atoms with Crippen molar-refractivity contribution in [2.45, 2.75) is 23.8 Å².